The minimum atomic E-state index is 0.429. The summed E-state index contributed by atoms with van der Waals surface area (Å²) in [5.41, 5.74) is 0.543. The number of thioether (sulfide) groups is 1. The zero-order valence-electron chi connectivity index (χ0n) is 10.1. The molecule has 1 N–H and O–H groups in total. The van der Waals surface area contributed by atoms with Gasteiger partial charge in [0.2, 0.25) is 0 Å². The molecule has 1 aromatic rings. The van der Waals surface area contributed by atoms with Crippen LogP contribution in [0.3, 0.4) is 0 Å². The first-order valence-electron chi connectivity index (χ1n) is 5.87. The molecule has 4 nitrogen and oxygen atoms in total. The summed E-state index contributed by atoms with van der Waals surface area (Å²) in [5, 5.41) is 4.09. The second-order valence-electron chi connectivity index (χ2n) is 4.44. The molecule has 1 fully saturated rings. The Morgan fingerprint density at radius 3 is 2.94 bits per heavy atom. The lowest BCUT2D eigenvalue weighted by molar-refractivity contribution is 0.112. The van der Waals surface area contributed by atoms with Crippen molar-refractivity contribution < 1.29 is 4.79 Å². The van der Waals surface area contributed by atoms with Crippen molar-refractivity contribution in [2.75, 3.05) is 11.6 Å². The summed E-state index contributed by atoms with van der Waals surface area (Å²) in [7, 11) is 0. The van der Waals surface area contributed by atoms with E-state index in [4.69, 9.17) is 0 Å². The molecule has 0 saturated heterocycles. The van der Waals surface area contributed by atoms with Crippen molar-refractivity contribution in [2.45, 2.75) is 37.4 Å². The third-order valence-corrected chi connectivity index (χ3v) is 3.85. The van der Waals surface area contributed by atoms with Crippen LogP contribution in [0, 0.1) is 5.92 Å². The van der Waals surface area contributed by atoms with Gasteiger partial charge in [-0.25, -0.2) is 9.97 Å². The molecule has 1 heterocycles. The molecule has 1 aliphatic carbocycles. The zero-order valence-corrected chi connectivity index (χ0v) is 11.0. The fourth-order valence-electron chi connectivity index (χ4n) is 2.21. The molecular weight excluding hydrogens is 234 g/mol. The Kier molecular flexibility index (Phi) is 3.99. The number of carbonyl (C=O) groups is 1. The van der Waals surface area contributed by atoms with E-state index in [2.05, 4.69) is 22.2 Å². The van der Waals surface area contributed by atoms with E-state index in [9.17, 15) is 4.79 Å². The Hall–Kier alpha value is -1.10. The van der Waals surface area contributed by atoms with Crippen LogP contribution in [0.25, 0.3) is 0 Å². The molecule has 0 amide bonds. The molecule has 0 aliphatic heterocycles. The SMILES string of the molecule is CSc1ncc(C=O)c(NC2CCCC2C)n1. The van der Waals surface area contributed by atoms with E-state index in [1.54, 1.807) is 6.20 Å². The van der Waals surface area contributed by atoms with Crippen molar-refractivity contribution in [1.82, 2.24) is 9.97 Å². The topological polar surface area (TPSA) is 54.9 Å². The van der Waals surface area contributed by atoms with Gasteiger partial charge in [0.1, 0.15) is 5.82 Å². The highest BCUT2D eigenvalue weighted by Crippen LogP contribution is 2.28. The van der Waals surface area contributed by atoms with Gasteiger partial charge in [-0.3, -0.25) is 4.79 Å². The quantitative estimate of drug-likeness (QED) is 0.506. The van der Waals surface area contributed by atoms with E-state index in [0.29, 0.717) is 28.5 Å². The van der Waals surface area contributed by atoms with Crippen LogP contribution in [0.15, 0.2) is 11.4 Å². The van der Waals surface area contributed by atoms with E-state index in [1.165, 1.54) is 24.6 Å². The minimum Gasteiger partial charge on any atom is -0.366 e. The average molecular weight is 251 g/mol. The first kappa shape index (κ1) is 12.4. The Morgan fingerprint density at radius 2 is 2.35 bits per heavy atom. The lowest BCUT2D eigenvalue weighted by Crippen LogP contribution is -2.23. The molecular formula is C12H17N3OS. The number of nitrogens with zero attached hydrogens (tertiary/aromatic N) is 2. The van der Waals surface area contributed by atoms with Crippen molar-refractivity contribution in [3.05, 3.63) is 11.8 Å². The molecule has 0 bridgehead atoms. The van der Waals surface area contributed by atoms with Gasteiger partial charge in [0.15, 0.2) is 11.4 Å². The van der Waals surface area contributed by atoms with Crippen LogP contribution in [-0.2, 0) is 0 Å². The number of hydrogen-bond acceptors (Lipinski definition) is 5. The van der Waals surface area contributed by atoms with Crippen LogP contribution >= 0.6 is 11.8 Å². The molecule has 2 rings (SSSR count). The summed E-state index contributed by atoms with van der Waals surface area (Å²) in [4.78, 5) is 19.4. The Bertz CT molecular complexity index is 411. The largest absolute Gasteiger partial charge is 0.366 e. The fraction of sp³-hybridized carbons (Fsp3) is 0.583. The van der Waals surface area contributed by atoms with Crippen molar-refractivity contribution in [3.8, 4) is 0 Å². The van der Waals surface area contributed by atoms with E-state index < -0.39 is 0 Å². The predicted octanol–water partition coefficient (Wildman–Crippen LogP) is 2.61. The van der Waals surface area contributed by atoms with Crippen molar-refractivity contribution in [1.29, 1.82) is 0 Å². The van der Waals surface area contributed by atoms with Gasteiger partial charge in [0, 0.05) is 12.2 Å². The van der Waals surface area contributed by atoms with Gasteiger partial charge >= 0.3 is 0 Å². The summed E-state index contributed by atoms with van der Waals surface area (Å²) in [5.74, 6) is 1.32. The molecule has 2 unspecified atom stereocenters. The van der Waals surface area contributed by atoms with Crippen molar-refractivity contribution in [3.63, 3.8) is 0 Å². The predicted molar refractivity (Wildman–Crippen MR) is 69.6 cm³/mol. The van der Waals surface area contributed by atoms with Gasteiger partial charge in [0.05, 0.1) is 5.56 Å². The third kappa shape index (κ3) is 2.77. The standard InChI is InChI=1S/C12H17N3OS/c1-8-4-3-5-10(8)14-11-9(7-16)6-13-12(15-11)17-2/h6-8,10H,3-5H2,1-2H3,(H,13,14,15). The molecule has 0 aromatic carbocycles. The van der Waals surface area contributed by atoms with E-state index >= 15 is 0 Å². The first-order chi connectivity index (χ1) is 8.24. The number of anilines is 1. The third-order valence-electron chi connectivity index (χ3n) is 3.29. The van der Waals surface area contributed by atoms with Gasteiger partial charge in [-0.15, -0.1) is 0 Å². The molecule has 2 atom stereocenters. The van der Waals surface area contributed by atoms with Crippen LogP contribution in [0.5, 0.6) is 0 Å². The smallest absolute Gasteiger partial charge is 0.189 e. The lowest BCUT2D eigenvalue weighted by Gasteiger charge is -2.18. The highest BCUT2D eigenvalue weighted by atomic mass is 32.2. The highest BCUT2D eigenvalue weighted by Gasteiger charge is 2.24. The number of carbonyl (C=O) groups excluding carboxylic acids is 1. The first-order valence-corrected chi connectivity index (χ1v) is 7.10. The summed E-state index contributed by atoms with van der Waals surface area (Å²) < 4.78 is 0. The van der Waals surface area contributed by atoms with Crippen molar-refractivity contribution >= 4 is 23.9 Å². The summed E-state index contributed by atoms with van der Waals surface area (Å²) in [6.45, 7) is 2.24. The van der Waals surface area contributed by atoms with Gasteiger partial charge in [0.25, 0.3) is 0 Å². The minimum absolute atomic E-state index is 0.429. The number of aldehydes is 1. The number of aromatic nitrogens is 2. The molecule has 1 saturated carbocycles. The van der Waals surface area contributed by atoms with E-state index in [1.807, 2.05) is 6.26 Å². The van der Waals surface area contributed by atoms with Crippen molar-refractivity contribution in [2.24, 2.45) is 5.92 Å². The normalized spacial score (nSPS) is 23.6. The number of hydrogen-bond donors (Lipinski definition) is 1. The molecule has 5 heteroatoms. The maximum absolute atomic E-state index is 11.0. The Morgan fingerprint density at radius 1 is 1.53 bits per heavy atom. The number of nitrogens with one attached hydrogen (secondary N) is 1. The van der Waals surface area contributed by atoms with Gasteiger partial charge in [-0.2, -0.15) is 0 Å². The zero-order chi connectivity index (χ0) is 12.3. The highest BCUT2D eigenvalue weighted by molar-refractivity contribution is 7.98. The second kappa shape index (κ2) is 5.49. The van der Waals surface area contributed by atoms with Crippen LogP contribution < -0.4 is 5.32 Å². The summed E-state index contributed by atoms with van der Waals surface area (Å²) in [6.07, 6.45) is 7.97. The number of rotatable bonds is 4. The Labute approximate surface area is 106 Å². The summed E-state index contributed by atoms with van der Waals surface area (Å²) >= 11 is 1.48. The van der Waals surface area contributed by atoms with Crippen LogP contribution in [0.1, 0.15) is 36.5 Å². The summed E-state index contributed by atoms with van der Waals surface area (Å²) in [6, 6.07) is 0.429. The average Bonchev–Trinajstić information content (AvgIpc) is 2.75. The second-order valence-corrected chi connectivity index (χ2v) is 5.21. The lowest BCUT2D eigenvalue weighted by atomic mass is 10.1. The Balaban J connectivity index is 2.20. The molecule has 1 aromatic heterocycles. The van der Waals surface area contributed by atoms with Crippen LogP contribution in [0.2, 0.25) is 0 Å². The molecule has 92 valence electrons. The van der Waals surface area contributed by atoms with Gasteiger partial charge in [-0.1, -0.05) is 25.1 Å². The van der Waals surface area contributed by atoms with Crippen LogP contribution in [0.4, 0.5) is 5.82 Å². The van der Waals surface area contributed by atoms with E-state index in [0.717, 1.165) is 12.7 Å². The van der Waals surface area contributed by atoms with E-state index in [-0.39, 0.29) is 0 Å². The van der Waals surface area contributed by atoms with Gasteiger partial charge in [-0.05, 0) is 25.0 Å². The fourth-order valence-corrected chi connectivity index (χ4v) is 2.55. The maximum Gasteiger partial charge on any atom is 0.189 e. The molecule has 0 spiro atoms. The van der Waals surface area contributed by atoms with Crippen LogP contribution in [-0.4, -0.2) is 28.6 Å². The molecule has 17 heavy (non-hydrogen) atoms. The monoisotopic (exact) mass is 251 g/mol. The maximum atomic E-state index is 11.0. The van der Waals surface area contributed by atoms with Gasteiger partial charge < -0.3 is 5.32 Å². The molecule has 0 radical (unpaired) electrons. The molecule has 1 aliphatic rings.